The summed E-state index contributed by atoms with van der Waals surface area (Å²) in [5.74, 6) is -0.472. The minimum absolute atomic E-state index is 0.0260. The van der Waals surface area contributed by atoms with Gasteiger partial charge in [-0.2, -0.15) is 0 Å². The molecule has 0 aliphatic heterocycles. The molecule has 2 heterocycles. The van der Waals surface area contributed by atoms with Crippen molar-refractivity contribution in [3.05, 3.63) is 36.1 Å². The number of oxazole rings is 1. The Morgan fingerprint density at radius 2 is 2.21 bits per heavy atom. The number of aromatic nitrogens is 3. The van der Waals surface area contributed by atoms with Crippen LogP contribution in [0.25, 0.3) is 22.4 Å². The van der Waals surface area contributed by atoms with E-state index in [1.165, 1.54) is 6.33 Å². The second-order valence-corrected chi connectivity index (χ2v) is 4.27. The second-order valence-electron chi connectivity index (χ2n) is 4.27. The van der Waals surface area contributed by atoms with E-state index in [-0.39, 0.29) is 5.69 Å². The van der Waals surface area contributed by atoms with Crippen molar-refractivity contribution >= 4 is 17.1 Å². The number of fused-ring (bicyclic) bond motifs is 1. The molecule has 3 rings (SSSR count). The van der Waals surface area contributed by atoms with Gasteiger partial charge in [0.2, 0.25) is 0 Å². The Balaban J connectivity index is 2.23. The molecular weight excluding hydrogens is 246 g/mol. The normalized spacial score (nSPS) is 11.1. The SMILES string of the molecule is Cc1nc2ccc(-c3c(C(=O)O)ncn3C)cc2o1. The quantitative estimate of drug-likeness (QED) is 0.761. The Morgan fingerprint density at radius 1 is 1.42 bits per heavy atom. The number of carboxylic acid groups (broad SMARTS) is 1. The highest BCUT2D eigenvalue weighted by atomic mass is 16.4. The lowest BCUT2D eigenvalue weighted by atomic mass is 10.1. The zero-order valence-corrected chi connectivity index (χ0v) is 10.4. The first kappa shape index (κ1) is 11.5. The number of carbonyl (C=O) groups is 1. The highest BCUT2D eigenvalue weighted by molar-refractivity contribution is 5.94. The third-order valence-corrected chi connectivity index (χ3v) is 2.91. The van der Waals surface area contributed by atoms with E-state index in [4.69, 9.17) is 9.52 Å². The largest absolute Gasteiger partial charge is 0.476 e. The van der Waals surface area contributed by atoms with Crippen LogP contribution in [0, 0.1) is 6.92 Å². The highest BCUT2D eigenvalue weighted by Crippen LogP contribution is 2.26. The van der Waals surface area contributed by atoms with Crippen LogP contribution < -0.4 is 0 Å². The molecule has 6 nitrogen and oxygen atoms in total. The summed E-state index contributed by atoms with van der Waals surface area (Å²) in [7, 11) is 1.75. The average Bonchev–Trinajstić information content (AvgIpc) is 2.89. The fourth-order valence-electron chi connectivity index (χ4n) is 2.11. The number of carboxylic acids is 1. The van der Waals surface area contributed by atoms with Crippen LogP contribution in [-0.2, 0) is 7.05 Å². The van der Waals surface area contributed by atoms with Gasteiger partial charge in [0.05, 0.1) is 12.0 Å². The van der Waals surface area contributed by atoms with Gasteiger partial charge in [-0.3, -0.25) is 0 Å². The van der Waals surface area contributed by atoms with Crippen LogP contribution in [0.4, 0.5) is 0 Å². The van der Waals surface area contributed by atoms with E-state index >= 15 is 0 Å². The van der Waals surface area contributed by atoms with E-state index in [1.807, 2.05) is 6.07 Å². The van der Waals surface area contributed by atoms with E-state index in [0.717, 1.165) is 11.1 Å². The highest BCUT2D eigenvalue weighted by Gasteiger charge is 2.18. The van der Waals surface area contributed by atoms with E-state index in [9.17, 15) is 4.79 Å². The molecular formula is C13H11N3O3. The Bertz CT molecular complexity index is 786. The van der Waals surface area contributed by atoms with E-state index in [1.54, 1.807) is 30.7 Å². The van der Waals surface area contributed by atoms with Crippen LogP contribution >= 0.6 is 0 Å². The van der Waals surface area contributed by atoms with Crippen molar-refractivity contribution in [3.8, 4) is 11.3 Å². The van der Waals surface area contributed by atoms with Crippen LogP contribution in [0.1, 0.15) is 16.4 Å². The summed E-state index contributed by atoms with van der Waals surface area (Å²) >= 11 is 0. The maximum Gasteiger partial charge on any atom is 0.356 e. The van der Waals surface area contributed by atoms with Gasteiger partial charge in [0.1, 0.15) is 5.52 Å². The summed E-state index contributed by atoms with van der Waals surface area (Å²) in [6.45, 7) is 1.77. The topological polar surface area (TPSA) is 81.1 Å². The molecule has 3 aromatic rings. The summed E-state index contributed by atoms with van der Waals surface area (Å²) in [6, 6.07) is 5.40. The molecule has 1 aromatic carbocycles. The maximum absolute atomic E-state index is 11.2. The van der Waals surface area contributed by atoms with Gasteiger partial charge in [0.25, 0.3) is 0 Å². The van der Waals surface area contributed by atoms with Gasteiger partial charge in [-0.25, -0.2) is 14.8 Å². The number of rotatable bonds is 2. The molecule has 0 atom stereocenters. The lowest BCUT2D eigenvalue weighted by Crippen LogP contribution is -2.01. The van der Waals surface area contributed by atoms with E-state index < -0.39 is 5.97 Å². The first-order chi connectivity index (χ1) is 9.06. The van der Waals surface area contributed by atoms with Gasteiger partial charge in [0, 0.05) is 19.5 Å². The van der Waals surface area contributed by atoms with Gasteiger partial charge < -0.3 is 14.1 Å². The molecule has 0 aliphatic carbocycles. The molecule has 0 saturated heterocycles. The molecule has 0 fully saturated rings. The van der Waals surface area contributed by atoms with Gasteiger partial charge in [-0.05, 0) is 12.1 Å². The van der Waals surface area contributed by atoms with Gasteiger partial charge >= 0.3 is 5.97 Å². The Morgan fingerprint density at radius 3 is 2.95 bits per heavy atom. The summed E-state index contributed by atoms with van der Waals surface area (Å²) in [5, 5.41) is 9.15. The van der Waals surface area contributed by atoms with Crippen molar-refractivity contribution in [2.24, 2.45) is 7.05 Å². The third-order valence-electron chi connectivity index (χ3n) is 2.91. The lowest BCUT2D eigenvalue weighted by molar-refractivity contribution is 0.0692. The molecule has 0 bridgehead atoms. The summed E-state index contributed by atoms with van der Waals surface area (Å²) < 4.78 is 7.13. The first-order valence-electron chi connectivity index (χ1n) is 5.68. The van der Waals surface area contributed by atoms with Crippen molar-refractivity contribution in [2.45, 2.75) is 6.92 Å². The standard InChI is InChI=1S/C13H11N3O3/c1-7-15-9-4-3-8(5-10(9)19-7)12-11(13(17)18)14-6-16(12)2/h3-6H,1-2H3,(H,17,18). The number of nitrogens with zero attached hydrogens (tertiary/aromatic N) is 3. The minimum atomic E-state index is -1.05. The van der Waals surface area contributed by atoms with Crippen molar-refractivity contribution in [1.82, 2.24) is 14.5 Å². The number of aromatic carboxylic acids is 1. The summed E-state index contributed by atoms with van der Waals surface area (Å²) in [5.41, 5.74) is 2.69. The molecule has 1 N–H and O–H groups in total. The van der Waals surface area contributed by atoms with Crippen LogP contribution in [-0.4, -0.2) is 25.6 Å². The Kier molecular flexibility index (Phi) is 2.38. The number of hydrogen-bond donors (Lipinski definition) is 1. The van der Waals surface area contributed by atoms with E-state index in [0.29, 0.717) is 17.2 Å². The van der Waals surface area contributed by atoms with Crippen molar-refractivity contribution in [1.29, 1.82) is 0 Å². The van der Waals surface area contributed by atoms with Crippen LogP contribution in [0.3, 0.4) is 0 Å². The fourth-order valence-corrected chi connectivity index (χ4v) is 2.11. The zero-order chi connectivity index (χ0) is 13.6. The summed E-state index contributed by atoms with van der Waals surface area (Å²) in [4.78, 5) is 19.3. The van der Waals surface area contributed by atoms with Crippen LogP contribution in [0.5, 0.6) is 0 Å². The molecule has 0 amide bonds. The number of hydrogen-bond acceptors (Lipinski definition) is 4. The molecule has 6 heteroatoms. The van der Waals surface area contributed by atoms with Gasteiger partial charge in [-0.15, -0.1) is 0 Å². The molecule has 0 aliphatic rings. The zero-order valence-electron chi connectivity index (χ0n) is 10.4. The number of imidazole rings is 1. The molecule has 2 aromatic heterocycles. The minimum Gasteiger partial charge on any atom is -0.476 e. The van der Waals surface area contributed by atoms with Gasteiger partial charge in [0.15, 0.2) is 17.2 Å². The fraction of sp³-hybridized carbons (Fsp3) is 0.154. The smallest absolute Gasteiger partial charge is 0.356 e. The number of benzene rings is 1. The second kappa shape index (κ2) is 3.94. The lowest BCUT2D eigenvalue weighted by Gasteiger charge is -2.03. The molecule has 96 valence electrons. The molecule has 0 radical (unpaired) electrons. The molecule has 0 saturated carbocycles. The monoisotopic (exact) mass is 257 g/mol. The van der Waals surface area contributed by atoms with Crippen molar-refractivity contribution in [2.75, 3.05) is 0 Å². The number of aryl methyl sites for hydroxylation is 2. The van der Waals surface area contributed by atoms with Crippen molar-refractivity contribution < 1.29 is 14.3 Å². The molecule has 19 heavy (non-hydrogen) atoms. The Labute approximate surface area is 108 Å². The predicted molar refractivity (Wildman–Crippen MR) is 67.9 cm³/mol. The van der Waals surface area contributed by atoms with E-state index in [2.05, 4.69) is 9.97 Å². The first-order valence-corrected chi connectivity index (χ1v) is 5.68. The van der Waals surface area contributed by atoms with Crippen molar-refractivity contribution in [3.63, 3.8) is 0 Å². The third kappa shape index (κ3) is 1.77. The van der Waals surface area contributed by atoms with Crippen LogP contribution in [0.15, 0.2) is 28.9 Å². The van der Waals surface area contributed by atoms with Crippen LogP contribution in [0.2, 0.25) is 0 Å². The molecule has 0 unspecified atom stereocenters. The molecule has 0 spiro atoms. The average molecular weight is 257 g/mol. The summed E-state index contributed by atoms with van der Waals surface area (Å²) in [6.07, 6.45) is 1.48. The maximum atomic E-state index is 11.2. The van der Waals surface area contributed by atoms with Gasteiger partial charge in [-0.1, -0.05) is 6.07 Å². The Hall–Kier alpha value is -2.63. The predicted octanol–water partition coefficient (Wildman–Crippen LogP) is 2.23.